The Morgan fingerprint density at radius 3 is 2.10 bits per heavy atom. The SMILES string of the molecule is CC.CSc1cc(/C(N)=C/C=C(N)N)ccc1C(F)(F)F. The van der Waals surface area contributed by atoms with Crippen LogP contribution in [0.3, 0.4) is 0 Å². The Hall–Kier alpha value is -1.76. The molecule has 0 spiro atoms. The van der Waals surface area contributed by atoms with Crippen LogP contribution >= 0.6 is 11.8 Å². The van der Waals surface area contributed by atoms with Gasteiger partial charge in [-0.2, -0.15) is 13.2 Å². The topological polar surface area (TPSA) is 78.1 Å². The molecule has 6 N–H and O–H groups in total. The lowest BCUT2D eigenvalue weighted by molar-refractivity contribution is -0.139. The Labute approximate surface area is 127 Å². The summed E-state index contributed by atoms with van der Waals surface area (Å²) in [5, 5.41) is 0. The molecule has 1 aromatic rings. The van der Waals surface area contributed by atoms with E-state index in [1.54, 1.807) is 6.26 Å². The summed E-state index contributed by atoms with van der Waals surface area (Å²) in [5.41, 5.74) is 16.3. The molecule has 0 unspecified atom stereocenters. The van der Waals surface area contributed by atoms with Crippen molar-refractivity contribution in [3.63, 3.8) is 0 Å². The van der Waals surface area contributed by atoms with E-state index in [0.29, 0.717) is 5.56 Å². The van der Waals surface area contributed by atoms with E-state index in [1.165, 1.54) is 24.3 Å². The normalized spacial score (nSPS) is 11.4. The van der Waals surface area contributed by atoms with E-state index in [9.17, 15) is 13.2 Å². The van der Waals surface area contributed by atoms with Crippen molar-refractivity contribution < 1.29 is 13.2 Å². The van der Waals surface area contributed by atoms with E-state index in [-0.39, 0.29) is 16.4 Å². The number of benzene rings is 1. The third-order valence-electron chi connectivity index (χ3n) is 2.30. The highest BCUT2D eigenvalue weighted by atomic mass is 32.2. The summed E-state index contributed by atoms with van der Waals surface area (Å²) < 4.78 is 38.2. The van der Waals surface area contributed by atoms with Crippen LogP contribution in [0.4, 0.5) is 13.2 Å². The van der Waals surface area contributed by atoms with E-state index in [1.807, 2.05) is 13.8 Å². The van der Waals surface area contributed by atoms with Crippen molar-refractivity contribution in [3.05, 3.63) is 47.3 Å². The molecule has 1 rings (SSSR count). The number of nitrogens with two attached hydrogens (primary N) is 3. The first-order valence-corrected chi connectivity index (χ1v) is 7.42. The van der Waals surface area contributed by atoms with Gasteiger partial charge in [0.2, 0.25) is 0 Å². The number of alkyl halides is 3. The predicted molar refractivity (Wildman–Crippen MR) is 83.2 cm³/mol. The second-order valence-electron chi connectivity index (χ2n) is 3.70. The van der Waals surface area contributed by atoms with Gasteiger partial charge in [0.05, 0.1) is 11.4 Å². The summed E-state index contributed by atoms with van der Waals surface area (Å²) in [6.07, 6.45) is 0.0246. The Bertz CT molecular complexity index is 519. The van der Waals surface area contributed by atoms with Crippen molar-refractivity contribution in [1.82, 2.24) is 0 Å². The Morgan fingerprint density at radius 2 is 1.67 bits per heavy atom. The molecule has 0 radical (unpaired) electrons. The lowest BCUT2D eigenvalue weighted by Gasteiger charge is -2.12. The molecule has 0 fully saturated rings. The second-order valence-corrected chi connectivity index (χ2v) is 4.55. The number of rotatable bonds is 3. The van der Waals surface area contributed by atoms with Gasteiger partial charge in [0, 0.05) is 10.6 Å². The van der Waals surface area contributed by atoms with Gasteiger partial charge in [0.1, 0.15) is 0 Å². The van der Waals surface area contributed by atoms with Gasteiger partial charge in [-0.1, -0.05) is 19.9 Å². The van der Waals surface area contributed by atoms with E-state index < -0.39 is 11.7 Å². The highest BCUT2D eigenvalue weighted by molar-refractivity contribution is 7.98. The lowest BCUT2D eigenvalue weighted by atomic mass is 10.1. The first-order valence-electron chi connectivity index (χ1n) is 6.19. The molecule has 0 aromatic heterocycles. The highest BCUT2D eigenvalue weighted by Crippen LogP contribution is 2.36. The van der Waals surface area contributed by atoms with Crippen LogP contribution in [-0.4, -0.2) is 6.26 Å². The molecule has 0 atom stereocenters. The molecular formula is C14H20F3N3S. The van der Waals surface area contributed by atoms with E-state index in [4.69, 9.17) is 17.2 Å². The predicted octanol–water partition coefficient (Wildman–Crippen LogP) is 3.51. The molecule has 0 heterocycles. The van der Waals surface area contributed by atoms with Crippen LogP contribution in [0.2, 0.25) is 0 Å². The van der Waals surface area contributed by atoms with Gasteiger partial charge in [-0.05, 0) is 36.1 Å². The third-order valence-corrected chi connectivity index (χ3v) is 3.07. The molecule has 1 aromatic carbocycles. The summed E-state index contributed by atoms with van der Waals surface area (Å²) in [6, 6.07) is 3.71. The fourth-order valence-corrected chi connectivity index (χ4v) is 2.04. The van der Waals surface area contributed by atoms with Gasteiger partial charge in [-0.25, -0.2) is 0 Å². The van der Waals surface area contributed by atoms with Crippen LogP contribution in [0, 0.1) is 0 Å². The Balaban J connectivity index is 0.00000191. The zero-order valence-electron chi connectivity index (χ0n) is 12.2. The van der Waals surface area contributed by atoms with Gasteiger partial charge in [0.15, 0.2) is 0 Å². The van der Waals surface area contributed by atoms with Crippen molar-refractivity contribution in [2.75, 3.05) is 6.26 Å². The zero-order chi connectivity index (χ0) is 16.6. The standard InChI is InChI=1S/C12H14F3N3S.C2H6/c1-19-10-6-7(9(16)4-5-11(17)18)2-3-8(10)12(13,14)15;1-2/h2-6H,16-18H2,1H3;1-2H3/b9-4-;. The van der Waals surface area contributed by atoms with E-state index >= 15 is 0 Å². The fraction of sp³-hybridized carbons (Fsp3) is 0.286. The number of hydrogen-bond acceptors (Lipinski definition) is 4. The van der Waals surface area contributed by atoms with E-state index in [2.05, 4.69) is 0 Å². The van der Waals surface area contributed by atoms with Crippen molar-refractivity contribution in [3.8, 4) is 0 Å². The summed E-state index contributed by atoms with van der Waals surface area (Å²) >= 11 is 1.01. The molecule has 0 saturated carbocycles. The van der Waals surface area contributed by atoms with Crippen LogP contribution in [0.5, 0.6) is 0 Å². The van der Waals surface area contributed by atoms with Crippen LogP contribution in [0.25, 0.3) is 5.70 Å². The maximum atomic E-state index is 12.7. The quantitative estimate of drug-likeness (QED) is 0.588. The fourth-order valence-electron chi connectivity index (χ4n) is 1.39. The molecule has 0 aliphatic carbocycles. The van der Waals surface area contributed by atoms with Crippen LogP contribution in [0.15, 0.2) is 41.1 Å². The van der Waals surface area contributed by atoms with Gasteiger partial charge < -0.3 is 17.2 Å². The summed E-state index contributed by atoms with van der Waals surface area (Å²) in [6.45, 7) is 4.00. The van der Waals surface area contributed by atoms with Crippen molar-refractivity contribution in [1.29, 1.82) is 0 Å². The van der Waals surface area contributed by atoms with Crippen molar-refractivity contribution in [2.24, 2.45) is 17.2 Å². The molecule has 118 valence electrons. The molecule has 21 heavy (non-hydrogen) atoms. The van der Waals surface area contributed by atoms with E-state index in [0.717, 1.165) is 17.8 Å². The van der Waals surface area contributed by atoms with Gasteiger partial charge in [0.25, 0.3) is 0 Å². The summed E-state index contributed by atoms with van der Waals surface area (Å²) in [4.78, 5) is 0.117. The highest BCUT2D eigenvalue weighted by Gasteiger charge is 2.33. The van der Waals surface area contributed by atoms with Gasteiger partial charge >= 0.3 is 6.18 Å². The maximum Gasteiger partial charge on any atom is 0.417 e. The first-order chi connectivity index (χ1) is 9.75. The molecule has 3 nitrogen and oxygen atoms in total. The summed E-state index contributed by atoms with van der Waals surface area (Å²) in [5.74, 6) is 0.0694. The average Bonchev–Trinajstić information content (AvgIpc) is 2.45. The summed E-state index contributed by atoms with van der Waals surface area (Å²) in [7, 11) is 0. The van der Waals surface area contributed by atoms with Crippen LogP contribution < -0.4 is 17.2 Å². The minimum atomic E-state index is -4.38. The van der Waals surface area contributed by atoms with Crippen molar-refractivity contribution >= 4 is 17.5 Å². The minimum absolute atomic E-state index is 0.0694. The smallest absolute Gasteiger partial charge is 0.398 e. The van der Waals surface area contributed by atoms with Crippen LogP contribution in [-0.2, 0) is 6.18 Å². The van der Waals surface area contributed by atoms with Gasteiger partial charge in [-0.15, -0.1) is 11.8 Å². The molecule has 0 saturated heterocycles. The molecule has 0 aliphatic rings. The monoisotopic (exact) mass is 319 g/mol. The van der Waals surface area contributed by atoms with Crippen molar-refractivity contribution in [2.45, 2.75) is 24.9 Å². The number of allylic oxidation sites excluding steroid dienone is 2. The Morgan fingerprint density at radius 1 is 1.10 bits per heavy atom. The number of thioether (sulfide) groups is 1. The zero-order valence-corrected chi connectivity index (χ0v) is 13.0. The molecule has 0 amide bonds. The second kappa shape index (κ2) is 8.51. The molecule has 0 aliphatic heterocycles. The molecule has 7 heteroatoms. The third kappa shape index (κ3) is 6.03. The first kappa shape index (κ1) is 19.2. The minimum Gasteiger partial charge on any atom is -0.398 e. The number of hydrogen-bond donors (Lipinski definition) is 3. The average molecular weight is 319 g/mol. The number of halogens is 3. The molecule has 0 bridgehead atoms. The van der Waals surface area contributed by atoms with Gasteiger partial charge in [-0.3, -0.25) is 0 Å². The largest absolute Gasteiger partial charge is 0.417 e. The maximum absolute atomic E-state index is 12.7. The molecular weight excluding hydrogens is 299 g/mol. The van der Waals surface area contributed by atoms with Crippen LogP contribution in [0.1, 0.15) is 25.0 Å². The lowest BCUT2D eigenvalue weighted by Crippen LogP contribution is -2.08. The Kier molecular flexibility index (Phi) is 7.80.